The molecule has 3 unspecified atom stereocenters. The van der Waals surface area contributed by atoms with Crippen LogP contribution in [0.25, 0.3) is 0 Å². The zero-order valence-electron chi connectivity index (χ0n) is 11.3. The van der Waals surface area contributed by atoms with E-state index in [1.807, 2.05) is 6.07 Å². The van der Waals surface area contributed by atoms with Crippen LogP contribution in [0.5, 0.6) is 0 Å². The van der Waals surface area contributed by atoms with Crippen LogP contribution in [-0.4, -0.2) is 16.8 Å². The molecule has 1 saturated carbocycles. The van der Waals surface area contributed by atoms with Crippen LogP contribution in [0.1, 0.15) is 44.2 Å². The molecule has 2 heteroatoms. The molecule has 0 radical (unpaired) electrons. The van der Waals surface area contributed by atoms with Crippen LogP contribution >= 0.6 is 0 Å². The van der Waals surface area contributed by atoms with Gasteiger partial charge in [0.2, 0.25) is 0 Å². The van der Waals surface area contributed by atoms with Crippen LogP contribution in [0.3, 0.4) is 0 Å². The Bertz CT molecular complexity index is 466. The van der Waals surface area contributed by atoms with Gasteiger partial charge >= 0.3 is 0 Å². The van der Waals surface area contributed by atoms with Gasteiger partial charge in [0.05, 0.1) is 0 Å². The summed E-state index contributed by atoms with van der Waals surface area (Å²) >= 11 is 0. The van der Waals surface area contributed by atoms with Gasteiger partial charge in [0, 0.05) is 18.2 Å². The molecule has 3 rings (SSSR count). The molecule has 2 aliphatic rings. The first kappa shape index (κ1) is 11.8. The third-order valence-electron chi connectivity index (χ3n) is 4.96. The molecule has 1 aliphatic heterocycles. The van der Waals surface area contributed by atoms with E-state index in [9.17, 15) is 0 Å². The van der Waals surface area contributed by atoms with E-state index in [1.165, 1.54) is 24.8 Å². The molecule has 1 fully saturated rings. The number of hydrogen-bond acceptors (Lipinski definition) is 1. The third kappa shape index (κ3) is 1.75. The second-order valence-electron chi connectivity index (χ2n) is 5.97. The highest BCUT2D eigenvalue weighted by molar-refractivity contribution is 6.00. The quantitative estimate of drug-likeness (QED) is 0.799. The topological polar surface area (TPSA) is 27.1 Å². The highest BCUT2D eigenvalue weighted by Crippen LogP contribution is 2.36. The summed E-state index contributed by atoms with van der Waals surface area (Å²) in [5, 5.41) is 8.41. The Labute approximate surface area is 110 Å². The summed E-state index contributed by atoms with van der Waals surface area (Å²) in [5.41, 5.74) is 2.47. The Morgan fingerprint density at radius 3 is 2.72 bits per heavy atom. The maximum Gasteiger partial charge on any atom is 0.128 e. The minimum Gasteiger partial charge on any atom is -0.349 e. The lowest BCUT2D eigenvalue weighted by atomic mass is 9.77. The molecular formula is C16H22N2. The van der Waals surface area contributed by atoms with E-state index in [2.05, 4.69) is 36.9 Å². The van der Waals surface area contributed by atoms with E-state index in [1.54, 1.807) is 0 Å². The first-order chi connectivity index (χ1) is 8.68. The largest absolute Gasteiger partial charge is 0.349 e. The van der Waals surface area contributed by atoms with Gasteiger partial charge in [-0.2, -0.15) is 0 Å². The van der Waals surface area contributed by atoms with Gasteiger partial charge in [-0.15, -0.1) is 0 Å². The monoisotopic (exact) mass is 242 g/mol. The number of hydrogen-bond donors (Lipinski definition) is 1. The zero-order chi connectivity index (χ0) is 12.7. The van der Waals surface area contributed by atoms with Gasteiger partial charge in [-0.3, -0.25) is 5.41 Å². The molecule has 0 aromatic heterocycles. The Morgan fingerprint density at radius 1 is 1.17 bits per heavy atom. The van der Waals surface area contributed by atoms with Crippen LogP contribution in [0.4, 0.5) is 0 Å². The molecule has 1 heterocycles. The van der Waals surface area contributed by atoms with E-state index in [0.717, 1.165) is 23.9 Å². The van der Waals surface area contributed by atoms with Crippen LogP contribution in [0, 0.1) is 17.2 Å². The van der Waals surface area contributed by atoms with Crippen molar-refractivity contribution in [3.05, 3.63) is 35.4 Å². The lowest BCUT2D eigenvalue weighted by Gasteiger charge is -2.40. The van der Waals surface area contributed by atoms with Crippen molar-refractivity contribution in [1.29, 1.82) is 5.41 Å². The van der Waals surface area contributed by atoms with Gasteiger partial charge in [0.1, 0.15) is 5.84 Å². The molecule has 1 aromatic carbocycles. The van der Waals surface area contributed by atoms with Crippen LogP contribution in [0.15, 0.2) is 24.3 Å². The van der Waals surface area contributed by atoms with Crippen molar-refractivity contribution in [2.24, 2.45) is 11.8 Å². The molecule has 96 valence electrons. The fraction of sp³-hybridized carbons (Fsp3) is 0.562. The van der Waals surface area contributed by atoms with Crippen LogP contribution < -0.4 is 0 Å². The maximum atomic E-state index is 8.41. The van der Waals surface area contributed by atoms with Crippen LogP contribution in [0.2, 0.25) is 0 Å². The maximum absolute atomic E-state index is 8.41. The smallest absolute Gasteiger partial charge is 0.128 e. The van der Waals surface area contributed by atoms with E-state index in [0.29, 0.717) is 12.0 Å². The third-order valence-corrected chi connectivity index (χ3v) is 4.96. The van der Waals surface area contributed by atoms with E-state index >= 15 is 0 Å². The summed E-state index contributed by atoms with van der Waals surface area (Å²) in [6, 6.07) is 8.95. The molecular weight excluding hydrogens is 220 g/mol. The van der Waals surface area contributed by atoms with E-state index < -0.39 is 0 Å². The van der Waals surface area contributed by atoms with Gasteiger partial charge in [-0.05, 0) is 23.8 Å². The summed E-state index contributed by atoms with van der Waals surface area (Å²) in [5.74, 6) is 2.24. The van der Waals surface area contributed by atoms with Crippen molar-refractivity contribution < 1.29 is 0 Å². The van der Waals surface area contributed by atoms with Crippen molar-refractivity contribution in [2.45, 2.75) is 45.7 Å². The molecule has 0 saturated heterocycles. The second-order valence-corrected chi connectivity index (χ2v) is 5.97. The number of rotatable bonds is 1. The molecule has 3 atom stereocenters. The first-order valence-corrected chi connectivity index (χ1v) is 7.12. The normalized spacial score (nSPS) is 31.6. The van der Waals surface area contributed by atoms with Crippen molar-refractivity contribution in [3.8, 4) is 0 Å². The molecule has 0 amide bonds. The molecule has 1 aromatic rings. The molecule has 0 bridgehead atoms. The second kappa shape index (κ2) is 4.42. The Kier molecular flexibility index (Phi) is 2.89. The summed E-state index contributed by atoms with van der Waals surface area (Å²) in [6.07, 6.45) is 3.92. The minimum atomic E-state index is 0.564. The van der Waals surface area contributed by atoms with E-state index in [4.69, 9.17) is 5.41 Å². The molecule has 18 heavy (non-hydrogen) atoms. The SMILES string of the molecule is CC1CCCC(N2Cc3ccccc3C2=N)C1C. The summed E-state index contributed by atoms with van der Waals surface area (Å²) in [4.78, 5) is 2.34. The number of nitrogens with zero attached hydrogens (tertiary/aromatic N) is 1. The Hall–Kier alpha value is -1.31. The van der Waals surface area contributed by atoms with Crippen molar-refractivity contribution >= 4 is 5.84 Å². The summed E-state index contributed by atoms with van der Waals surface area (Å²) in [6.45, 7) is 5.67. The number of amidine groups is 1. The highest BCUT2D eigenvalue weighted by atomic mass is 15.2. The predicted octanol–water partition coefficient (Wildman–Crippen LogP) is 3.65. The molecule has 1 N–H and O–H groups in total. The molecule has 0 spiro atoms. The average molecular weight is 242 g/mol. The number of benzene rings is 1. The molecule has 2 nitrogen and oxygen atoms in total. The Balaban J connectivity index is 1.85. The molecule has 1 aliphatic carbocycles. The zero-order valence-corrected chi connectivity index (χ0v) is 11.3. The van der Waals surface area contributed by atoms with Crippen molar-refractivity contribution in [3.63, 3.8) is 0 Å². The van der Waals surface area contributed by atoms with Gasteiger partial charge in [0.25, 0.3) is 0 Å². The fourth-order valence-corrected chi connectivity index (χ4v) is 3.58. The fourth-order valence-electron chi connectivity index (χ4n) is 3.58. The summed E-state index contributed by atoms with van der Waals surface area (Å²) in [7, 11) is 0. The van der Waals surface area contributed by atoms with Crippen molar-refractivity contribution in [1.82, 2.24) is 4.90 Å². The van der Waals surface area contributed by atoms with E-state index in [-0.39, 0.29) is 0 Å². The first-order valence-electron chi connectivity index (χ1n) is 7.12. The van der Waals surface area contributed by atoms with Gasteiger partial charge < -0.3 is 4.90 Å². The van der Waals surface area contributed by atoms with Gasteiger partial charge in [-0.1, -0.05) is 51.0 Å². The highest BCUT2D eigenvalue weighted by Gasteiger charge is 2.36. The number of fused-ring (bicyclic) bond motifs is 1. The standard InChI is InChI=1S/C16H22N2/c1-11-6-5-9-15(12(11)2)18-10-13-7-3-4-8-14(13)16(18)17/h3-4,7-8,11-12,15,17H,5-6,9-10H2,1-2H3. The van der Waals surface area contributed by atoms with Crippen LogP contribution in [-0.2, 0) is 6.54 Å². The minimum absolute atomic E-state index is 0.564. The lowest BCUT2D eigenvalue weighted by Crippen LogP contribution is -2.44. The number of nitrogens with one attached hydrogen (secondary N) is 1. The van der Waals surface area contributed by atoms with Gasteiger partial charge in [-0.25, -0.2) is 0 Å². The Morgan fingerprint density at radius 2 is 1.94 bits per heavy atom. The average Bonchev–Trinajstić information content (AvgIpc) is 2.71. The van der Waals surface area contributed by atoms with Crippen molar-refractivity contribution in [2.75, 3.05) is 0 Å². The summed E-state index contributed by atoms with van der Waals surface area (Å²) < 4.78 is 0. The predicted molar refractivity (Wildman–Crippen MR) is 74.8 cm³/mol. The van der Waals surface area contributed by atoms with Gasteiger partial charge in [0.15, 0.2) is 0 Å². The lowest BCUT2D eigenvalue weighted by molar-refractivity contribution is 0.134.